The van der Waals surface area contributed by atoms with Crippen LogP contribution >= 0.6 is 0 Å². The van der Waals surface area contributed by atoms with Crippen molar-refractivity contribution >= 4 is 5.97 Å². The molecular formula is C12H18N2O2. The van der Waals surface area contributed by atoms with Crippen LogP contribution in [-0.2, 0) is 9.53 Å². The molecule has 0 saturated carbocycles. The fraction of sp³-hybridized carbons (Fsp3) is 0.750. The summed E-state index contributed by atoms with van der Waals surface area (Å²) in [5.41, 5.74) is -1.82. The number of carbonyl (C=O) groups is 1. The van der Waals surface area contributed by atoms with Crippen LogP contribution in [0.2, 0.25) is 0 Å². The number of ether oxygens (including phenoxy) is 1. The Hall–Kier alpha value is -1.55. The lowest BCUT2D eigenvalue weighted by Crippen LogP contribution is -2.28. The fourth-order valence-corrected chi connectivity index (χ4v) is 1.36. The van der Waals surface area contributed by atoms with E-state index in [1.54, 1.807) is 20.8 Å². The highest BCUT2D eigenvalue weighted by atomic mass is 16.6. The lowest BCUT2D eigenvalue weighted by atomic mass is 9.83. The highest BCUT2D eigenvalue weighted by Crippen LogP contribution is 2.27. The molecule has 0 saturated heterocycles. The number of nitrogens with zero attached hydrogens (tertiary/aromatic N) is 2. The van der Waals surface area contributed by atoms with Gasteiger partial charge in [-0.15, -0.1) is 0 Å². The summed E-state index contributed by atoms with van der Waals surface area (Å²) in [4.78, 5) is 11.5. The number of hydrogen-bond donors (Lipinski definition) is 0. The van der Waals surface area contributed by atoms with Crippen molar-refractivity contribution in [2.24, 2.45) is 5.41 Å². The number of hydrogen-bond acceptors (Lipinski definition) is 4. The molecule has 16 heavy (non-hydrogen) atoms. The van der Waals surface area contributed by atoms with E-state index in [0.717, 1.165) is 0 Å². The molecule has 0 rings (SSSR count). The Labute approximate surface area is 96.8 Å². The van der Waals surface area contributed by atoms with E-state index >= 15 is 0 Å². The Balaban J connectivity index is 4.62. The average Bonchev–Trinajstić information content (AvgIpc) is 2.14. The summed E-state index contributed by atoms with van der Waals surface area (Å²) in [6.07, 6.45) is 0.911. The summed E-state index contributed by atoms with van der Waals surface area (Å²) in [5.74, 6) is -0.496. The molecule has 0 fully saturated rings. The second-order valence-corrected chi connectivity index (χ2v) is 4.82. The molecule has 0 aromatic heterocycles. The van der Waals surface area contributed by atoms with Crippen LogP contribution in [0.5, 0.6) is 0 Å². The molecule has 0 unspecified atom stereocenters. The minimum absolute atomic E-state index is 0.162. The van der Waals surface area contributed by atoms with Crippen molar-refractivity contribution in [1.29, 1.82) is 10.5 Å². The SMILES string of the molecule is CCCC(C#N)(C#N)CC(=O)OC(C)(C)C. The molecule has 0 aliphatic carbocycles. The zero-order chi connectivity index (χ0) is 12.8. The van der Waals surface area contributed by atoms with E-state index in [2.05, 4.69) is 0 Å². The van der Waals surface area contributed by atoms with Crippen LogP contribution in [0.1, 0.15) is 47.0 Å². The van der Waals surface area contributed by atoms with Crippen molar-refractivity contribution in [3.05, 3.63) is 0 Å². The fourth-order valence-electron chi connectivity index (χ4n) is 1.36. The molecule has 0 N–H and O–H groups in total. The van der Waals surface area contributed by atoms with Gasteiger partial charge in [0.15, 0.2) is 5.41 Å². The van der Waals surface area contributed by atoms with Gasteiger partial charge in [0.2, 0.25) is 0 Å². The second kappa shape index (κ2) is 5.51. The molecule has 88 valence electrons. The molecule has 0 heterocycles. The van der Waals surface area contributed by atoms with E-state index in [1.807, 2.05) is 19.1 Å². The first-order chi connectivity index (χ1) is 7.28. The van der Waals surface area contributed by atoms with Gasteiger partial charge in [-0.25, -0.2) is 0 Å². The van der Waals surface area contributed by atoms with Crippen molar-refractivity contribution in [2.75, 3.05) is 0 Å². The quantitative estimate of drug-likeness (QED) is 0.685. The van der Waals surface area contributed by atoms with E-state index in [0.29, 0.717) is 12.8 Å². The zero-order valence-electron chi connectivity index (χ0n) is 10.3. The molecule has 4 nitrogen and oxygen atoms in total. The van der Waals surface area contributed by atoms with Crippen LogP contribution in [0.25, 0.3) is 0 Å². The zero-order valence-corrected chi connectivity index (χ0v) is 10.3. The Kier molecular flexibility index (Phi) is 4.98. The summed E-state index contributed by atoms with van der Waals surface area (Å²) < 4.78 is 5.10. The number of carbonyl (C=O) groups excluding carboxylic acids is 1. The van der Waals surface area contributed by atoms with Crippen LogP contribution in [-0.4, -0.2) is 11.6 Å². The summed E-state index contributed by atoms with van der Waals surface area (Å²) in [5, 5.41) is 17.9. The predicted octanol–water partition coefficient (Wildman–Crippen LogP) is 2.55. The molecular weight excluding hydrogens is 204 g/mol. The van der Waals surface area contributed by atoms with E-state index in [4.69, 9.17) is 15.3 Å². The third-order valence-electron chi connectivity index (χ3n) is 1.97. The minimum atomic E-state index is -1.24. The van der Waals surface area contributed by atoms with Crippen LogP contribution < -0.4 is 0 Å². The van der Waals surface area contributed by atoms with Crippen LogP contribution in [0.3, 0.4) is 0 Å². The summed E-state index contributed by atoms with van der Waals surface area (Å²) in [7, 11) is 0. The topological polar surface area (TPSA) is 73.9 Å². The van der Waals surface area contributed by atoms with Crippen LogP contribution in [0.15, 0.2) is 0 Å². The molecule has 0 aromatic rings. The van der Waals surface area contributed by atoms with Crippen LogP contribution in [0, 0.1) is 28.1 Å². The van der Waals surface area contributed by atoms with Gasteiger partial charge in [0.25, 0.3) is 0 Å². The molecule has 0 aromatic carbocycles. The van der Waals surface area contributed by atoms with E-state index < -0.39 is 17.0 Å². The van der Waals surface area contributed by atoms with Crippen molar-refractivity contribution in [1.82, 2.24) is 0 Å². The third-order valence-corrected chi connectivity index (χ3v) is 1.97. The Morgan fingerprint density at radius 2 is 1.75 bits per heavy atom. The van der Waals surface area contributed by atoms with Gasteiger partial charge >= 0.3 is 5.97 Å². The smallest absolute Gasteiger partial charge is 0.309 e. The van der Waals surface area contributed by atoms with Gasteiger partial charge in [-0.2, -0.15) is 10.5 Å². The number of rotatable bonds is 4. The van der Waals surface area contributed by atoms with Crippen molar-refractivity contribution in [3.8, 4) is 12.1 Å². The normalized spacial score (nSPS) is 11.4. The maximum absolute atomic E-state index is 11.5. The lowest BCUT2D eigenvalue weighted by molar-refractivity contribution is -0.156. The standard InChI is InChI=1S/C12H18N2O2/c1-5-6-12(8-13,9-14)7-10(15)16-11(2,3)4/h5-7H2,1-4H3. The highest BCUT2D eigenvalue weighted by Gasteiger charge is 2.34. The molecule has 0 bridgehead atoms. The van der Waals surface area contributed by atoms with Gasteiger partial charge in [0.1, 0.15) is 5.60 Å². The van der Waals surface area contributed by atoms with Crippen molar-refractivity contribution in [2.45, 2.75) is 52.6 Å². The van der Waals surface area contributed by atoms with Gasteiger partial charge in [-0.1, -0.05) is 13.3 Å². The van der Waals surface area contributed by atoms with Crippen molar-refractivity contribution < 1.29 is 9.53 Å². The van der Waals surface area contributed by atoms with E-state index in [-0.39, 0.29) is 6.42 Å². The highest BCUT2D eigenvalue weighted by molar-refractivity contribution is 5.72. The van der Waals surface area contributed by atoms with E-state index in [9.17, 15) is 4.79 Å². The largest absolute Gasteiger partial charge is 0.460 e. The lowest BCUT2D eigenvalue weighted by Gasteiger charge is -2.22. The van der Waals surface area contributed by atoms with Gasteiger partial charge in [-0.05, 0) is 27.2 Å². The van der Waals surface area contributed by atoms with Gasteiger partial charge < -0.3 is 4.74 Å². The average molecular weight is 222 g/mol. The number of nitriles is 2. The molecule has 0 amide bonds. The Bertz CT molecular complexity index is 314. The second-order valence-electron chi connectivity index (χ2n) is 4.82. The van der Waals surface area contributed by atoms with Gasteiger partial charge in [0, 0.05) is 0 Å². The first kappa shape index (κ1) is 14.5. The Morgan fingerprint density at radius 1 is 1.25 bits per heavy atom. The van der Waals surface area contributed by atoms with Gasteiger partial charge in [0.05, 0.1) is 18.6 Å². The molecule has 0 aliphatic rings. The monoisotopic (exact) mass is 222 g/mol. The molecule has 0 atom stereocenters. The molecule has 4 heteroatoms. The van der Waals surface area contributed by atoms with E-state index in [1.165, 1.54) is 0 Å². The maximum Gasteiger partial charge on any atom is 0.309 e. The van der Waals surface area contributed by atoms with Crippen LogP contribution in [0.4, 0.5) is 0 Å². The van der Waals surface area contributed by atoms with Crippen molar-refractivity contribution in [3.63, 3.8) is 0 Å². The first-order valence-electron chi connectivity index (χ1n) is 5.33. The predicted molar refractivity (Wildman–Crippen MR) is 59.0 cm³/mol. The summed E-state index contributed by atoms with van der Waals surface area (Å²) in [6, 6.07) is 3.84. The molecule has 0 spiro atoms. The summed E-state index contributed by atoms with van der Waals surface area (Å²) in [6.45, 7) is 7.14. The molecule has 0 aliphatic heterocycles. The van der Waals surface area contributed by atoms with Gasteiger partial charge in [-0.3, -0.25) is 4.79 Å². The first-order valence-corrected chi connectivity index (χ1v) is 5.33. The molecule has 0 radical (unpaired) electrons. The summed E-state index contributed by atoms with van der Waals surface area (Å²) >= 11 is 0. The minimum Gasteiger partial charge on any atom is -0.460 e. The Morgan fingerprint density at radius 3 is 2.06 bits per heavy atom. The third kappa shape index (κ3) is 4.79. The maximum atomic E-state index is 11.5. The number of esters is 1.